The highest BCUT2D eigenvalue weighted by atomic mass is 32.2. The summed E-state index contributed by atoms with van der Waals surface area (Å²) in [5.41, 5.74) is 0. The lowest BCUT2D eigenvalue weighted by molar-refractivity contribution is 0.325. The summed E-state index contributed by atoms with van der Waals surface area (Å²) < 4.78 is 5.34. The summed E-state index contributed by atoms with van der Waals surface area (Å²) >= 11 is 1.86. The Morgan fingerprint density at radius 3 is 2.68 bits per heavy atom. The van der Waals surface area contributed by atoms with Crippen LogP contribution in [0, 0.1) is 5.92 Å². The number of thioether (sulfide) groups is 1. The van der Waals surface area contributed by atoms with E-state index in [4.69, 9.17) is 4.52 Å². The number of aromatic nitrogens is 2. The minimum absolute atomic E-state index is 0.413. The van der Waals surface area contributed by atoms with Crippen molar-refractivity contribution in [3.05, 3.63) is 11.7 Å². The summed E-state index contributed by atoms with van der Waals surface area (Å²) in [4.78, 5) is 4.47. The zero-order valence-corrected chi connectivity index (χ0v) is 13.4. The number of hydrogen-bond acceptors (Lipinski definition) is 5. The average molecular weight is 285 g/mol. The normalized spacial score (nSPS) is 13.1. The van der Waals surface area contributed by atoms with Crippen LogP contribution in [0.3, 0.4) is 0 Å². The summed E-state index contributed by atoms with van der Waals surface area (Å²) in [6.07, 6.45) is 3.15. The molecule has 19 heavy (non-hydrogen) atoms. The van der Waals surface area contributed by atoms with Crippen molar-refractivity contribution in [1.82, 2.24) is 15.5 Å². The number of rotatable bonds is 10. The summed E-state index contributed by atoms with van der Waals surface area (Å²) in [5.74, 6) is 4.15. The van der Waals surface area contributed by atoms with Crippen LogP contribution in [0.4, 0.5) is 0 Å². The predicted octanol–water partition coefficient (Wildman–Crippen LogP) is 3.28. The van der Waals surface area contributed by atoms with E-state index < -0.39 is 0 Å². The van der Waals surface area contributed by atoms with E-state index in [0.717, 1.165) is 42.6 Å². The highest BCUT2D eigenvalue weighted by Crippen LogP contribution is 2.13. The molecule has 1 atom stereocenters. The lowest BCUT2D eigenvalue weighted by Gasteiger charge is -2.20. The SMILES string of the molecule is CCCNC(Cc1nc(CSCCC)no1)C(C)C. The van der Waals surface area contributed by atoms with E-state index in [1.54, 1.807) is 0 Å². The van der Waals surface area contributed by atoms with Crippen LogP contribution in [0.2, 0.25) is 0 Å². The van der Waals surface area contributed by atoms with Gasteiger partial charge >= 0.3 is 0 Å². The van der Waals surface area contributed by atoms with E-state index in [0.29, 0.717) is 12.0 Å². The maximum Gasteiger partial charge on any atom is 0.228 e. The fourth-order valence-electron chi connectivity index (χ4n) is 1.80. The topological polar surface area (TPSA) is 51.0 Å². The van der Waals surface area contributed by atoms with Gasteiger partial charge in [0.1, 0.15) is 0 Å². The van der Waals surface area contributed by atoms with Gasteiger partial charge in [0.15, 0.2) is 5.82 Å². The number of nitrogens with one attached hydrogen (secondary N) is 1. The van der Waals surface area contributed by atoms with Crippen LogP contribution in [-0.4, -0.2) is 28.5 Å². The molecular formula is C14H27N3OS. The molecule has 4 nitrogen and oxygen atoms in total. The van der Waals surface area contributed by atoms with Gasteiger partial charge in [0, 0.05) is 12.5 Å². The van der Waals surface area contributed by atoms with Crippen molar-refractivity contribution in [2.75, 3.05) is 12.3 Å². The van der Waals surface area contributed by atoms with Gasteiger partial charge in [-0.25, -0.2) is 0 Å². The minimum Gasteiger partial charge on any atom is -0.339 e. The van der Waals surface area contributed by atoms with E-state index in [1.165, 1.54) is 6.42 Å². The van der Waals surface area contributed by atoms with Gasteiger partial charge < -0.3 is 9.84 Å². The van der Waals surface area contributed by atoms with Gasteiger partial charge in [0.25, 0.3) is 0 Å². The van der Waals surface area contributed by atoms with Crippen molar-refractivity contribution < 1.29 is 4.52 Å². The van der Waals surface area contributed by atoms with Crippen molar-refractivity contribution in [3.8, 4) is 0 Å². The molecule has 0 radical (unpaired) electrons. The molecule has 0 fully saturated rings. The molecule has 1 unspecified atom stereocenters. The molecule has 110 valence electrons. The van der Waals surface area contributed by atoms with Crippen molar-refractivity contribution in [2.24, 2.45) is 5.92 Å². The summed E-state index contributed by atoms with van der Waals surface area (Å²) in [7, 11) is 0. The van der Waals surface area contributed by atoms with E-state index >= 15 is 0 Å². The lowest BCUT2D eigenvalue weighted by atomic mass is 10.0. The van der Waals surface area contributed by atoms with Crippen LogP contribution in [0.25, 0.3) is 0 Å². The van der Waals surface area contributed by atoms with Crippen LogP contribution in [0.5, 0.6) is 0 Å². The Kier molecular flexibility index (Phi) is 8.14. The molecule has 1 N–H and O–H groups in total. The van der Waals surface area contributed by atoms with Crippen molar-refractivity contribution >= 4 is 11.8 Å². The van der Waals surface area contributed by atoms with Crippen molar-refractivity contribution in [3.63, 3.8) is 0 Å². The Bertz CT molecular complexity index is 341. The fraction of sp³-hybridized carbons (Fsp3) is 0.857. The molecule has 0 aromatic carbocycles. The summed E-state index contributed by atoms with van der Waals surface area (Å²) in [5, 5.41) is 7.59. The minimum atomic E-state index is 0.413. The van der Waals surface area contributed by atoms with E-state index in [1.807, 2.05) is 11.8 Å². The van der Waals surface area contributed by atoms with Gasteiger partial charge in [0.05, 0.1) is 5.75 Å². The molecule has 0 aliphatic heterocycles. The molecule has 0 amide bonds. The first-order chi connectivity index (χ1) is 9.17. The van der Waals surface area contributed by atoms with Gasteiger partial charge in [-0.3, -0.25) is 0 Å². The van der Waals surface area contributed by atoms with Crippen molar-refractivity contribution in [2.45, 2.75) is 58.8 Å². The van der Waals surface area contributed by atoms with Gasteiger partial charge in [-0.1, -0.05) is 32.9 Å². The van der Waals surface area contributed by atoms with Gasteiger partial charge in [-0.15, -0.1) is 0 Å². The predicted molar refractivity (Wildman–Crippen MR) is 81.4 cm³/mol. The largest absolute Gasteiger partial charge is 0.339 e. The third-order valence-corrected chi connectivity index (χ3v) is 4.10. The average Bonchev–Trinajstić information content (AvgIpc) is 2.82. The lowest BCUT2D eigenvalue weighted by Crippen LogP contribution is -2.36. The third-order valence-electron chi connectivity index (χ3n) is 2.95. The first-order valence-electron chi connectivity index (χ1n) is 7.29. The number of nitrogens with zero attached hydrogens (tertiary/aromatic N) is 2. The van der Waals surface area contributed by atoms with Gasteiger partial charge in [0.2, 0.25) is 5.89 Å². The maximum absolute atomic E-state index is 5.34. The second-order valence-electron chi connectivity index (χ2n) is 5.17. The molecule has 1 heterocycles. The zero-order valence-electron chi connectivity index (χ0n) is 12.6. The Morgan fingerprint density at radius 2 is 2.05 bits per heavy atom. The van der Waals surface area contributed by atoms with E-state index in [9.17, 15) is 0 Å². The Balaban J connectivity index is 2.45. The molecule has 0 bridgehead atoms. The van der Waals surface area contributed by atoms with Crippen LogP contribution >= 0.6 is 11.8 Å². The molecule has 0 aliphatic rings. The Hall–Kier alpha value is -0.550. The monoisotopic (exact) mass is 285 g/mol. The molecular weight excluding hydrogens is 258 g/mol. The Labute approximate surface area is 121 Å². The Morgan fingerprint density at radius 1 is 1.26 bits per heavy atom. The fourth-order valence-corrected chi connectivity index (χ4v) is 2.53. The first kappa shape index (κ1) is 16.5. The quantitative estimate of drug-likeness (QED) is 0.669. The standard InChI is InChI=1S/C14H27N3OS/c1-5-7-15-12(11(3)4)9-14-16-13(17-18-14)10-19-8-6-2/h11-12,15H,5-10H2,1-4H3. The second-order valence-corrected chi connectivity index (χ2v) is 6.27. The van der Waals surface area contributed by atoms with E-state index in [-0.39, 0.29) is 0 Å². The van der Waals surface area contributed by atoms with Gasteiger partial charge in [-0.2, -0.15) is 16.7 Å². The van der Waals surface area contributed by atoms with Crippen LogP contribution < -0.4 is 5.32 Å². The highest BCUT2D eigenvalue weighted by molar-refractivity contribution is 7.98. The van der Waals surface area contributed by atoms with Crippen LogP contribution in [0.15, 0.2) is 4.52 Å². The molecule has 1 aromatic rings. The third kappa shape index (κ3) is 6.43. The molecule has 0 spiro atoms. The van der Waals surface area contributed by atoms with Crippen LogP contribution in [0.1, 0.15) is 52.3 Å². The van der Waals surface area contributed by atoms with Crippen LogP contribution in [-0.2, 0) is 12.2 Å². The summed E-state index contributed by atoms with van der Waals surface area (Å²) in [6, 6.07) is 0.413. The van der Waals surface area contributed by atoms with Crippen molar-refractivity contribution in [1.29, 1.82) is 0 Å². The van der Waals surface area contributed by atoms with Gasteiger partial charge in [-0.05, 0) is 31.1 Å². The molecule has 0 saturated heterocycles. The van der Waals surface area contributed by atoms with E-state index in [2.05, 4.69) is 43.2 Å². The number of hydrogen-bond donors (Lipinski definition) is 1. The highest BCUT2D eigenvalue weighted by Gasteiger charge is 2.17. The molecule has 1 rings (SSSR count). The smallest absolute Gasteiger partial charge is 0.228 e. The zero-order chi connectivity index (χ0) is 14.1. The molecule has 1 aromatic heterocycles. The molecule has 0 aliphatic carbocycles. The molecule has 5 heteroatoms. The summed E-state index contributed by atoms with van der Waals surface area (Å²) in [6.45, 7) is 9.85. The first-order valence-corrected chi connectivity index (χ1v) is 8.45. The molecule has 0 saturated carbocycles. The second kappa shape index (κ2) is 9.37. The maximum atomic E-state index is 5.34.